The van der Waals surface area contributed by atoms with Gasteiger partial charge >= 0.3 is 0 Å². The molecule has 0 N–H and O–H groups in total. The maximum atomic E-state index is 2.41. The first-order chi connectivity index (χ1) is 10.1. The number of likely N-dealkylation sites (N-methyl/N-ethyl adjacent to an activating group) is 2. The zero-order valence-corrected chi connectivity index (χ0v) is 13.4. The molecule has 0 spiro atoms. The summed E-state index contributed by atoms with van der Waals surface area (Å²) in [6.45, 7) is 5.37. The number of hydrogen-bond donors (Lipinski definition) is 0. The first-order valence-electron chi connectivity index (χ1n) is 7.62. The fourth-order valence-corrected chi connectivity index (χ4v) is 2.58. The van der Waals surface area contributed by atoms with Crippen LogP contribution in [0.25, 0.3) is 0 Å². The Morgan fingerprint density at radius 1 is 0.762 bits per heavy atom. The molecule has 1 atom stereocenters. The fourth-order valence-electron chi connectivity index (χ4n) is 2.58. The summed E-state index contributed by atoms with van der Waals surface area (Å²) >= 11 is 0. The molecule has 0 aliphatic rings. The molecule has 0 aliphatic carbocycles. The summed E-state index contributed by atoms with van der Waals surface area (Å²) in [5.74, 6) is 0. The van der Waals surface area contributed by atoms with Crippen LogP contribution in [0.15, 0.2) is 60.7 Å². The maximum absolute atomic E-state index is 2.41. The van der Waals surface area contributed by atoms with Gasteiger partial charge in [0.2, 0.25) is 0 Å². The third kappa shape index (κ3) is 5.33. The summed E-state index contributed by atoms with van der Waals surface area (Å²) in [4.78, 5) is 4.80. The maximum Gasteiger partial charge on any atom is 0.0234 e. The van der Waals surface area contributed by atoms with Crippen molar-refractivity contribution >= 4 is 0 Å². The van der Waals surface area contributed by atoms with Crippen LogP contribution in [0, 0.1) is 0 Å². The summed E-state index contributed by atoms with van der Waals surface area (Å²) in [6, 6.07) is 21.9. The van der Waals surface area contributed by atoms with Crippen molar-refractivity contribution in [2.75, 3.05) is 20.6 Å². The van der Waals surface area contributed by atoms with Crippen LogP contribution >= 0.6 is 0 Å². The van der Waals surface area contributed by atoms with Gasteiger partial charge in [0.25, 0.3) is 0 Å². The van der Waals surface area contributed by atoms with Crippen molar-refractivity contribution in [2.24, 2.45) is 0 Å². The van der Waals surface area contributed by atoms with E-state index in [-0.39, 0.29) is 0 Å². The molecular formula is C19H26N2. The second kappa shape index (κ2) is 7.96. The lowest BCUT2D eigenvalue weighted by atomic mass is 10.1. The number of hydrogen-bond acceptors (Lipinski definition) is 2. The van der Waals surface area contributed by atoms with Gasteiger partial charge in [-0.1, -0.05) is 60.7 Å². The molecule has 2 aromatic rings. The van der Waals surface area contributed by atoms with Crippen molar-refractivity contribution in [2.45, 2.75) is 26.1 Å². The highest BCUT2D eigenvalue weighted by atomic mass is 15.2. The van der Waals surface area contributed by atoms with Gasteiger partial charge < -0.3 is 4.90 Å². The van der Waals surface area contributed by atoms with Crippen molar-refractivity contribution in [3.8, 4) is 0 Å². The zero-order chi connectivity index (χ0) is 15.1. The Morgan fingerprint density at radius 2 is 1.24 bits per heavy atom. The predicted octanol–water partition coefficient (Wildman–Crippen LogP) is 3.64. The van der Waals surface area contributed by atoms with Crippen LogP contribution in [0.5, 0.6) is 0 Å². The number of benzene rings is 2. The van der Waals surface area contributed by atoms with Gasteiger partial charge in [-0.2, -0.15) is 0 Å². The van der Waals surface area contributed by atoms with Gasteiger partial charge in [-0.25, -0.2) is 0 Å². The SMILES string of the molecule is CC(CN(C)Cc1ccccc1)N(C)Cc1ccccc1. The molecule has 0 bridgehead atoms. The first kappa shape index (κ1) is 15.7. The Labute approximate surface area is 129 Å². The van der Waals surface area contributed by atoms with E-state index in [1.54, 1.807) is 0 Å². The molecule has 2 aromatic carbocycles. The Hall–Kier alpha value is -1.64. The minimum absolute atomic E-state index is 0.527. The van der Waals surface area contributed by atoms with E-state index >= 15 is 0 Å². The summed E-state index contributed by atoms with van der Waals surface area (Å²) in [7, 11) is 4.40. The van der Waals surface area contributed by atoms with E-state index in [4.69, 9.17) is 0 Å². The molecule has 0 saturated carbocycles. The Balaban J connectivity index is 1.81. The van der Waals surface area contributed by atoms with E-state index in [2.05, 4.69) is 91.5 Å². The van der Waals surface area contributed by atoms with E-state index < -0.39 is 0 Å². The Morgan fingerprint density at radius 3 is 1.76 bits per heavy atom. The fraction of sp³-hybridized carbons (Fsp3) is 0.368. The minimum atomic E-state index is 0.527. The first-order valence-corrected chi connectivity index (χ1v) is 7.62. The number of nitrogens with zero attached hydrogens (tertiary/aromatic N) is 2. The molecule has 1 unspecified atom stereocenters. The van der Waals surface area contributed by atoms with Crippen molar-refractivity contribution in [3.05, 3.63) is 71.8 Å². The second-order valence-electron chi connectivity index (χ2n) is 5.93. The zero-order valence-electron chi connectivity index (χ0n) is 13.4. The average Bonchev–Trinajstić information content (AvgIpc) is 2.49. The summed E-state index contributed by atoms with van der Waals surface area (Å²) in [5, 5.41) is 0. The van der Waals surface area contributed by atoms with E-state index in [1.165, 1.54) is 11.1 Å². The van der Waals surface area contributed by atoms with E-state index in [1.807, 2.05) is 0 Å². The molecule has 0 aromatic heterocycles. The van der Waals surface area contributed by atoms with Crippen LogP contribution in [-0.2, 0) is 13.1 Å². The van der Waals surface area contributed by atoms with Gasteiger partial charge in [-0.05, 0) is 32.1 Å². The average molecular weight is 282 g/mol. The highest BCUT2D eigenvalue weighted by Gasteiger charge is 2.12. The second-order valence-corrected chi connectivity index (χ2v) is 5.93. The van der Waals surface area contributed by atoms with Gasteiger partial charge in [0.15, 0.2) is 0 Å². The van der Waals surface area contributed by atoms with Gasteiger partial charge in [0.05, 0.1) is 0 Å². The molecule has 2 heteroatoms. The molecule has 21 heavy (non-hydrogen) atoms. The van der Waals surface area contributed by atoms with Crippen LogP contribution in [0.2, 0.25) is 0 Å². The third-order valence-electron chi connectivity index (χ3n) is 3.90. The molecule has 0 amide bonds. The molecule has 112 valence electrons. The normalized spacial score (nSPS) is 12.8. The largest absolute Gasteiger partial charge is 0.301 e. The molecular weight excluding hydrogens is 256 g/mol. The van der Waals surface area contributed by atoms with Crippen LogP contribution in [-0.4, -0.2) is 36.5 Å². The monoisotopic (exact) mass is 282 g/mol. The van der Waals surface area contributed by atoms with Crippen molar-refractivity contribution < 1.29 is 0 Å². The smallest absolute Gasteiger partial charge is 0.0234 e. The lowest BCUT2D eigenvalue weighted by molar-refractivity contribution is 0.183. The standard InChI is InChI=1S/C19H26N2/c1-17(21(3)16-19-12-8-5-9-13-19)14-20(2)15-18-10-6-4-7-11-18/h4-13,17H,14-16H2,1-3H3. The summed E-state index contributed by atoms with van der Waals surface area (Å²) in [5.41, 5.74) is 2.75. The van der Waals surface area contributed by atoms with E-state index in [0.717, 1.165) is 19.6 Å². The molecule has 2 rings (SSSR count). The topological polar surface area (TPSA) is 6.48 Å². The lowest BCUT2D eigenvalue weighted by Crippen LogP contribution is -2.38. The quantitative estimate of drug-likeness (QED) is 0.765. The molecule has 2 nitrogen and oxygen atoms in total. The molecule has 0 saturated heterocycles. The van der Waals surface area contributed by atoms with Crippen molar-refractivity contribution in [1.29, 1.82) is 0 Å². The highest BCUT2D eigenvalue weighted by molar-refractivity contribution is 5.15. The van der Waals surface area contributed by atoms with Gasteiger partial charge in [-0.3, -0.25) is 4.90 Å². The minimum Gasteiger partial charge on any atom is -0.301 e. The summed E-state index contributed by atoms with van der Waals surface area (Å²) < 4.78 is 0. The van der Waals surface area contributed by atoms with E-state index in [0.29, 0.717) is 6.04 Å². The van der Waals surface area contributed by atoms with Crippen molar-refractivity contribution in [3.63, 3.8) is 0 Å². The Kier molecular flexibility index (Phi) is 5.97. The van der Waals surface area contributed by atoms with Gasteiger partial charge in [0, 0.05) is 25.7 Å². The Bertz CT molecular complexity index is 510. The van der Waals surface area contributed by atoms with Crippen molar-refractivity contribution in [1.82, 2.24) is 9.80 Å². The predicted molar refractivity (Wildman–Crippen MR) is 90.1 cm³/mol. The van der Waals surface area contributed by atoms with Crippen LogP contribution in [0.3, 0.4) is 0 Å². The third-order valence-corrected chi connectivity index (χ3v) is 3.90. The number of rotatable bonds is 7. The highest BCUT2D eigenvalue weighted by Crippen LogP contribution is 2.08. The summed E-state index contributed by atoms with van der Waals surface area (Å²) in [6.07, 6.45) is 0. The van der Waals surface area contributed by atoms with Crippen LogP contribution < -0.4 is 0 Å². The van der Waals surface area contributed by atoms with Crippen LogP contribution in [0.4, 0.5) is 0 Å². The van der Waals surface area contributed by atoms with Crippen LogP contribution in [0.1, 0.15) is 18.1 Å². The van der Waals surface area contributed by atoms with E-state index in [9.17, 15) is 0 Å². The molecule has 0 fully saturated rings. The lowest BCUT2D eigenvalue weighted by Gasteiger charge is -2.29. The molecule has 0 heterocycles. The van der Waals surface area contributed by atoms with Gasteiger partial charge in [-0.15, -0.1) is 0 Å². The molecule has 0 aliphatic heterocycles. The molecule has 0 radical (unpaired) electrons. The van der Waals surface area contributed by atoms with Gasteiger partial charge in [0.1, 0.15) is 0 Å².